The summed E-state index contributed by atoms with van der Waals surface area (Å²) in [6.07, 6.45) is -3.96. The predicted molar refractivity (Wildman–Crippen MR) is 79.7 cm³/mol. The molecule has 0 radical (unpaired) electrons. The van der Waals surface area contributed by atoms with Gasteiger partial charge < -0.3 is 25.8 Å². The first kappa shape index (κ1) is 15.6. The van der Waals surface area contributed by atoms with Crippen LogP contribution in [0.5, 0.6) is 0 Å². The summed E-state index contributed by atoms with van der Waals surface area (Å²) < 4.78 is 5.56. The highest BCUT2D eigenvalue weighted by atomic mass is 33.1. The minimum atomic E-state index is -1.41. The van der Waals surface area contributed by atoms with E-state index in [9.17, 15) is 15.3 Å². The highest BCUT2D eigenvalue weighted by Crippen LogP contribution is 2.47. The largest absolute Gasteiger partial charge is 0.388 e. The number of aliphatic hydroxyl groups is 3. The lowest BCUT2D eigenvalue weighted by molar-refractivity contribution is -0.204. The van der Waals surface area contributed by atoms with E-state index in [0.717, 1.165) is 10.8 Å². The van der Waals surface area contributed by atoms with E-state index in [4.69, 9.17) is 15.9 Å². The van der Waals surface area contributed by atoms with Crippen LogP contribution < -0.4 is 5.73 Å². The molecule has 1 saturated heterocycles. The molecule has 6 N–H and O–H groups in total. The van der Waals surface area contributed by atoms with E-state index < -0.39 is 23.2 Å². The van der Waals surface area contributed by atoms with Crippen molar-refractivity contribution in [3.05, 3.63) is 35.4 Å². The second kappa shape index (κ2) is 5.92. The summed E-state index contributed by atoms with van der Waals surface area (Å²) >= 11 is 4.13. The van der Waals surface area contributed by atoms with Gasteiger partial charge in [-0.2, -0.15) is 0 Å². The van der Waals surface area contributed by atoms with Gasteiger partial charge in [-0.15, -0.1) is 11.7 Å². The van der Waals surface area contributed by atoms with Gasteiger partial charge in [0, 0.05) is 11.1 Å². The average molecular weight is 316 g/mol. The average Bonchev–Trinajstić information content (AvgIpc) is 2.46. The Morgan fingerprint density at radius 2 is 2.05 bits per heavy atom. The molecule has 2 rings (SSSR count). The summed E-state index contributed by atoms with van der Waals surface area (Å²) in [5, 5.41) is 37.4. The zero-order valence-electron chi connectivity index (χ0n) is 10.4. The fourth-order valence-corrected chi connectivity index (χ4v) is 3.64. The zero-order chi connectivity index (χ0) is 14.9. The summed E-state index contributed by atoms with van der Waals surface area (Å²) in [7, 11) is 0.891. The van der Waals surface area contributed by atoms with Crippen LogP contribution in [0, 0.1) is 5.41 Å². The smallest absolute Gasteiger partial charge is 0.177 e. The van der Waals surface area contributed by atoms with Crippen molar-refractivity contribution in [3.63, 3.8) is 0 Å². The molecule has 1 aliphatic heterocycles. The molecule has 20 heavy (non-hydrogen) atoms. The van der Waals surface area contributed by atoms with E-state index in [1.54, 1.807) is 24.3 Å². The number of benzene rings is 1. The van der Waals surface area contributed by atoms with Gasteiger partial charge in [-0.25, -0.2) is 0 Å². The molecule has 0 aromatic heterocycles. The molecular weight excluding hydrogens is 300 g/mol. The van der Waals surface area contributed by atoms with Crippen molar-refractivity contribution in [2.75, 3.05) is 6.61 Å². The number of hydrogen-bond acceptors (Lipinski definition) is 7. The minimum Gasteiger partial charge on any atom is -0.388 e. The number of ether oxygens (including phenoxy) is 1. The van der Waals surface area contributed by atoms with Crippen LogP contribution in [0.1, 0.15) is 11.1 Å². The SMILES string of the molecule is N=C(N)c1ccccc1[C@]1(SS)OC[C@@H](O)[C@H](O)[C@H]1O. The van der Waals surface area contributed by atoms with Crippen LogP contribution in [-0.4, -0.2) is 46.1 Å². The predicted octanol–water partition coefficient (Wildman–Crippen LogP) is -0.186. The number of amidine groups is 1. The zero-order valence-corrected chi connectivity index (χ0v) is 12.1. The number of nitrogens with one attached hydrogen (secondary N) is 1. The maximum absolute atomic E-state index is 10.3. The quantitative estimate of drug-likeness (QED) is 0.199. The Morgan fingerprint density at radius 1 is 1.40 bits per heavy atom. The van der Waals surface area contributed by atoms with Crippen LogP contribution >= 0.6 is 22.5 Å². The highest BCUT2D eigenvalue weighted by Gasteiger charge is 2.51. The van der Waals surface area contributed by atoms with Gasteiger partial charge in [-0.3, -0.25) is 5.41 Å². The van der Waals surface area contributed by atoms with Gasteiger partial charge in [0.15, 0.2) is 4.93 Å². The Balaban J connectivity index is 2.54. The first-order valence-electron chi connectivity index (χ1n) is 5.88. The summed E-state index contributed by atoms with van der Waals surface area (Å²) in [5.41, 5.74) is 6.36. The molecule has 0 saturated carbocycles. The van der Waals surface area contributed by atoms with Crippen LogP contribution in [0.3, 0.4) is 0 Å². The minimum absolute atomic E-state index is 0.155. The van der Waals surface area contributed by atoms with Crippen molar-refractivity contribution < 1.29 is 20.1 Å². The van der Waals surface area contributed by atoms with E-state index in [1.165, 1.54) is 0 Å². The van der Waals surface area contributed by atoms with Crippen LogP contribution in [0.15, 0.2) is 24.3 Å². The number of nitrogens with two attached hydrogens (primary N) is 1. The lowest BCUT2D eigenvalue weighted by Gasteiger charge is -2.44. The molecule has 6 nitrogen and oxygen atoms in total. The van der Waals surface area contributed by atoms with Gasteiger partial charge >= 0.3 is 0 Å². The standard InChI is InChI=1S/C12H16N2O4S2/c13-11(14)6-3-1-2-4-7(6)12(20-19)10(17)9(16)8(15)5-18-12/h1-4,8-10,15-17,19H,5H2,(H3,13,14)/t8-,9+,10-,12-/m1/s1. The molecule has 1 aromatic rings. The molecule has 1 aromatic carbocycles. The van der Waals surface area contributed by atoms with Crippen LogP contribution in [0.4, 0.5) is 0 Å². The Hall–Kier alpha value is -0.770. The van der Waals surface area contributed by atoms with Crippen LogP contribution in [0.25, 0.3) is 0 Å². The van der Waals surface area contributed by atoms with Crippen molar-refractivity contribution >= 4 is 28.3 Å². The molecule has 0 bridgehead atoms. The second-order valence-corrected chi connectivity index (χ2v) is 5.87. The molecule has 0 spiro atoms. The van der Waals surface area contributed by atoms with Gasteiger partial charge in [0.25, 0.3) is 0 Å². The third-order valence-corrected chi connectivity index (χ3v) is 4.97. The van der Waals surface area contributed by atoms with E-state index in [-0.39, 0.29) is 12.4 Å². The molecule has 1 heterocycles. The molecule has 110 valence electrons. The number of rotatable bonds is 3. The van der Waals surface area contributed by atoms with Crippen molar-refractivity contribution in [2.24, 2.45) is 5.73 Å². The number of nitrogen functional groups attached to an aromatic ring is 1. The topological polar surface area (TPSA) is 120 Å². The van der Waals surface area contributed by atoms with Crippen molar-refractivity contribution in [1.29, 1.82) is 5.41 Å². The molecule has 0 amide bonds. The van der Waals surface area contributed by atoms with Gasteiger partial charge in [-0.1, -0.05) is 35.1 Å². The molecular formula is C12H16N2O4S2. The number of thiol groups is 1. The molecule has 8 heteroatoms. The summed E-state index contributed by atoms with van der Waals surface area (Å²) in [6, 6.07) is 6.68. The summed E-state index contributed by atoms with van der Waals surface area (Å²) in [4.78, 5) is -1.40. The first-order chi connectivity index (χ1) is 9.44. The van der Waals surface area contributed by atoms with E-state index >= 15 is 0 Å². The lowest BCUT2D eigenvalue weighted by Crippen LogP contribution is -2.57. The lowest BCUT2D eigenvalue weighted by atomic mass is 9.90. The van der Waals surface area contributed by atoms with Crippen molar-refractivity contribution in [2.45, 2.75) is 23.2 Å². The van der Waals surface area contributed by atoms with Gasteiger partial charge in [0.05, 0.1) is 6.61 Å². The normalized spacial score (nSPS) is 33.9. The Morgan fingerprint density at radius 3 is 2.65 bits per heavy atom. The van der Waals surface area contributed by atoms with Crippen molar-refractivity contribution in [3.8, 4) is 0 Å². The Kier molecular flexibility index (Phi) is 4.62. The maximum Gasteiger partial charge on any atom is 0.177 e. The maximum atomic E-state index is 10.3. The van der Waals surface area contributed by atoms with E-state index in [1.807, 2.05) is 0 Å². The molecule has 0 unspecified atom stereocenters. The third-order valence-electron chi connectivity index (χ3n) is 3.30. The molecule has 0 aliphatic carbocycles. The summed E-state index contributed by atoms with van der Waals surface area (Å²) in [5.74, 6) is -0.182. The fraction of sp³-hybridized carbons (Fsp3) is 0.417. The van der Waals surface area contributed by atoms with E-state index in [0.29, 0.717) is 11.1 Å². The Bertz CT molecular complexity index is 516. The molecule has 1 aliphatic rings. The third kappa shape index (κ3) is 2.43. The fourth-order valence-electron chi connectivity index (χ4n) is 2.22. The van der Waals surface area contributed by atoms with Gasteiger partial charge in [-0.05, 0) is 0 Å². The molecule has 1 fully saturated rings. The van der Waals surface area contributed by atoms with Gasteiger partial charge in [0.1, 0.15) is 24.1 Å². The summed E-state index contributed by atoms with van der Waals surface area (Å²) in [6.45, 7) is -0.155. The first-order valence-corrected chi connectivity index (χ1v) is 7.75. The molecule has 4 atom stereocenters. The number of aliphatic hydroxyl groups excluding tert-OH is 3. The Labute approximate surface area is 125 Å². The van der Waals surface area contributed by atoms with Gasteiger partial charge in [0.2, 0.25) is 0 Å². The monoisotopic (exact) mass is 316 g/mol. The van der Waals surface area contributed by atoms with Crippen molar-refractivity contribution in [1.82, 2.24) is 0 Å². The van der Waals surface area contributed by atoms with E-state index in [2.05, 4.69) is 11.7 Å². The second-order valence-electron chi connectivity index (χ2n) is 4.53. The highest BCUT2D eigenvalue weighted by molar-refractivity contribution is 8.68. The van der Waals surface area contributed by atoms with Crippen LogP contribution in [0.2, 0.25) is 0 Å². The number of hydrogen-bond donors (Lipinski definition) is 6. The van der Waals surface area contributed by atoms with Crippen LogP contribution in [-0.2, 0) is 9.67 Å².